The molecule has 1 aliphatic carbocycles. The third kappa shape index (κ3) is 14.4. The number of rotatable bonds is 10. The quantitative estimate of drug-likeness (QED) is 0.128. The average Bonchev–Trinajstić information content (AvgIpc) is 3.12. The number of carbonyl (C=O) groups is 5. The number of hydrogen-bond donors (Lipinski definition) is 4. The fourth-order valence-electron chi connectivity index (χ4n) is 15.0. The van der Waals surface area contributed by atoms with Gasteiger partial charge in [0.05, 0.1) is 29.6 Å². The molecule has 5 fully saturated rings. The molecule has 4 saturated heterocycles. The normalized spacial score (nSPS) is 26.4. The van der Waals surface area contributed by atoms with Gasteiger partial charge in [0.25, 0.3) is 0 Å². The van der Waals surface area contributed by atoms with Gasteiger partial charge in [-0.3, -0.25) is 24.0 Å². The van der Waals surface area contributed by atoms with E-state index in [1.54, 1.807) is 0 Å². The summed E-state index contributed by atoms with van der Waals surface area (Å²) in [6.45, 7) is 39.8. The van der Waals surface area contributed by atoms with E-state index in [2.05, 4.69) is 49.0 Å². The molecule has 0 bridgehead atoms. The lowest BCUT2D eigenvalue weighted by Crippen LogP contribution is -2.59. The summed E-state index contributed by atoms with van der Waals surface area (Å²) in [6, 6.07) is 0. The van der Waals surface area contributed by atoms with Crippen molar-refractivity contribution in [3.63, 3.8) is 0 Å². The van der Waals surface area contributed by atoms with Crippen molar-refractivity contribution in [1.82, 2.24) is 21.3 Å². The molecule has 5 aliphatic rings. The van der Waals surface area contributed by atoms with Gasteiger partial charge < -0.3 is 45.0 Å². The zero-order valence-electron chi connectivity index (χ0n) is 47.6. The number of carbonyl (C=O) groups excluding carboxylic acids is 5. The number of ether oxygens (including phenoxy) is 5. The van der Waals surface area contributed by atoms with Crippen molar-refractivity contribution in [1.29, 1.82) is 0 Å². The van der Waals surface area contributed by atoms with E-state index < -0.39 is 138 Å². The number of esters is 5. The highest BCUT2D eigenvalue weighted by Crippen LogP contribution is 2.56. The van der Waals surface area contributed by atoms with E-state index in [0.29, 0.717) is 64.2 Å². The summed E-state index contributed by atoms with van der Waals surface area (Å²) in [7, 11) is 0. The second-order valence-corrected chi connectivity index (χ2v) is 29.7. The van der Waals surface area contributed by atoms with Crippen LogP contribution in [0.2, 0.25) is 0 Å². The Bertz CT molecular complexity index is 2100. The van der Waals surface area contributed by atoms with E-state index in [4.69, 9.17) is 23.7 Å². The zero-order valence-corrected chi connectivity index (χ0v) is 47.6. The molecule has 0 aromatic heterocycles. The van der Waals surface area contributed by atoms with Gasteiger partial charge in [-0.25, -0.2) is 0 Å². The SMILES string of the molecule is CC1(C)CC(C(=O)Oc2c(F)c(OC(=O)C3CC(C)(C)NC(C)(C)C3)c(OC(=O)C3CC(C)(C)NC(C)(C)C3)c(OC(=O)C3CC(C)(C)NC(C)(C)C3)c2OC(=O)C2CC(C)(C)NC(C)(C)C2)CC(C)(C)C1. The van der Waals surface area contributed by atoms with Crippen molar-refractivity contribution >= 4 is 29.8 Å². The van der Waals surface area contributed by atoms with Crippen LogP contribution in [0, 0.1) is 46.2 Å². The lowest BCUT2D eigenvalue weighted by atomic mass is 9.61. The zero-order chi connectivity index (χ0) is 54.4. The molecular formula is C57H91FN4O10. The predicted molar refractivity (Wildman–Crippen MR) is 276 cm³/mol. The van der Waals surface area contributed by atoms with Crippen LogP contribution in [-0.4, -0.2) is 74.2 Å². The Kier molecular flexibility index (Phi) is 15.3. The molecule has 1 saturated carbocycles. The number of benzene rings is 1. The van der Waals surface area contributed by atoms with Crippen molar-refractivity contribution < 1.29 is 52.0 Å². The van der Waals surface area contributed by atoms with Crippen LogP contribution in [-0.2, 0) is 24.0 Å². The Labute approximate surface area is 430 Å². The van der Waals surface area contributed by atoms with Gasteiger partial charge in [-0.1, -0.05) is 27.7 Å². The summed E-state index contributed by atoms with van der Waals surface area (Å²) < 4.78 is 50.1. The lowest BCUT2D eigenvalue weighted by Gasteiger charge is -2.46. The largest absolute Gasteiger partial charge is 0.419 e. The molecule has 0 amide bonds. The summed E-state index contributed by atoms with van der Waals surface area (Å²) in [6.07, 6.45) is 4.15. The molecule has 72 heavy (non-hydrogen) atoms. The number of nitrogens with one attached hydrogen (secondary N) is 4. The maximum atomic E-state index is 18.5. The van der Waals surface area contributed by atoms with Gasteiger partial charge in [0.2, 0.25) is 34.6 Å². The number of piperidine rings is 4. The van der Waals surface area contributed by atoms with Crippen LogP contribution in [0.1, 0.15) is 209 Å². The molecule has 0 spiro atoms. The Morgan fingerprint density at radius 1 is 0.319 bits per heavy atom. The summed E-state index contributed by atoms with van der Waals surface area (Å²) in [4.78, 5) is 74.4. The first kappa shape index (κ1) is 57.6. The molecule has 15 heteroatoms. The highest BCUT2D eigenvalue weighted by atomic mass is 19.1. The molecule has 4 heterocycles. The minimum atomic E-state index is -1.43. The highest BCUT2D eigenvalue weighted by Gasteiger charge is 2.50. The third-order valence-corrected chi connectivity index (χ3v) is 15.2. The van der Waals surface area contributed by atoms with Gasteiger partial charge in [-0.15, -0.1) is 0 Å². The summed E-state index contributed by atoms with van der Waals surface area (Å²) in [5.74, 6) is -13.3. The van der Waals surface area contributed by atoms with Crippen LogP contribution in [0.15, 0.2) is 0 Å². The summed E-state index contributed by atoms with van der Waals surface area (Å²) >= 11 is 0. The van der Waals surface area contributed by atoms with E-state index in [1.165, 1.54) is 0 Å². The Morgan fingerprint density at radius 3 is 0.694 bits per heavy atom. The van der Waals surface area contributed by atoms with Gasteiger partial charge in [0, 0.05) is 44.3 Å². The first-order chi connectivity index (χ1) is 32.4. The van der Waals surface area contributed by atoms with Crippen molar-refractivity contribution in [3.05, 3.63) is 5.82 Å². The minimum absolute atomic E-state index is 0.294. The fourth-order valence-corrected chi connectivity index (χ4v) is 15.0. The molecular weight excluding hydrogens is 920 g/mol. The second kappa shape index (κ2) is 19.2. The number of hydrogen-bond acceptors (Lipinski definition) is 14. The molecule has 6 rings (SSSR count). The Balaban J connectivity index is 1.63. The first-order valence-corrected chi connectivity index (χ1v) is 26.5. The van der Waals surface area contributed by atoms with Gasteiger partial charge >= 0.3 is 29.8 Å². The van der Waals surface area contributed by atoms with Crippen LogP contribution in [0.4, 0.5) is 4.39 Å². The smallest absolute Gasteiger partial charge is 0.314 e. The van der Waals surface area contributed by atoms with Gasteiger partial charge in [0.15, 0.2) is 0 Å². The Morgan fingerprint density at radius 2 is 0.486 bits per heavy atom. The van der Waals surface area contributed by atoms with Crippen LogP contribution in [0.5, 0.6) is 28.7 Å². The molecule has 0 unspecified atom stereocenters. The molecule has 14 nitrogen and oxygen atoms in total. The molecule has 1 aromatic carbocycles. The minimum Gasteiger partial charge on any atom is -0.419 e. The van der Waals surface area contributed by atoms with E-state index >= 15 is 9.18 Å². The molecule has 0 atom stereocenters. The van der Waals surface area contributed by atoms with E-state index in [9.17, 15) is 19.2 Å². The van der Waals surface area contributed by atoms with E-state index in [1.807, 2.05) is 111 Å². The topological polar surface area (TPSA) is 180 Å². The van der Waals surface area contributed by atoms with E-state index in [0.717, 1.165) is 6.42 Å². The standard InChI is InChI=1S/C57H91FN4O10/c1-48(2)21-32(22-49(3,4)31-48)43(63)68-38-37(58)39(69-44(64)33-23-50(5,6)59-51(7,8)24-33)41(71-46(66)35-27-54(13,14)61-55(15,16)28-35)42(72-47(67)36-29-56(17,18)62-57(19,20)30-36)40(38)70-45(65)34-25-52(9,10)60-53(11,12)26-34/h32-36,59-62H,21-31H2,1-20H3. The molecule has 4 aliphatic heterocycles. The monoisotopic (exact) mass is 1010 g/mol. The number of halogens is 1. The van der Waals surface area contributed by atoms with Gasteiger partial charge in [0.1, 0.15) is 0 Å². The fraction of sp³-hybridized carbons (Fsp3) is 0.807. The van der Waals surface area contributed by atoms with E-state index in [-0.39, 0.29) is 10.8 Å². The summed E-state index contributed by atoms with van der Waals surface area (Å²) in [5, 5.41) is 14.3. The van der Waals surface area contributed by atoms with Crippen LogP contribution in [0.3, 0.4) is 0 Å². The van der Waals surface area contributed by atoms with Crippen molar-refractivity contribution in [3.8, 4) is 28.7 Å². The van der Waals surface area contributed by atoms with Crippen LogP contribution in [0.25, 0.3) is 0 Å². The van der Waals surface area contributed by atoms with Gasteiger partial charge in [-0.05, 0) is 192 Å². The van der Waals surface area contributed by atoms with Crippen molar-refractivity contribution in [2.45, 2.75) is 253 Å². The predicted octanol–water partition coefficient (Wildman–Crippen LogP) is 10.4. The maximum Gasteiger partial charge on any atom is 0.314 e. The molecule has 0 radical (unpaired) electrons. The third-order valence-electron chi connectivity index (χ3n) is 15.2. The van der Waals surface area contributed by atoms with Crippen LogP contribution >= 0.6 is 0 Å². The second-order valence-electron chi connectivity index (χ2n) is 29.7. The summed E-state index contributed by atoms with van der Waals surface area (Å²) in [5.41, 5.74) is -4.90. The van der Waals surface area contributed by atoms with Crippen molar-refractivity contribution in [2.75, 3.05) is 0 Å². The highest BCUT2D eigenvalue weighted by molar-refractivity contribution is 5.88. The molecule has 406 valence electrons. The molecule has 1 aromatic rings. The maximum absolute atomic E-state index is 18.5. The lowest BCUT2D eigenvalue weighted by molar-refractivity contribution is -0.147. The van der Waals surface area contributed by atoms with Crippen LogP contribution < -0.4 is 45.0 Å². The van der Waals surface area contributed by atoms with Crippen molar-refractivity contribution in [2.24, 2.45) is 40.4 Å². The first-order valence-electron chi connectivity index (χ1n) is 26.5. The van der Waals surface area contributed by atoms with Gasteiger partial charge in [-0.2, -0.15) is 4.39 Å². The molecule has 4 N–H and O–H groups in total. The average molecular weight is 1010 g/mol. The Hall–Kier alpha value is -3.66.